The Balaban J connectivity index is 1.68. The average molecular weight is 439 g/mol. The van der Waals surface area contributed by atoms with Crippen LogP contribution < -0.4 is 19.5 Å². The van der Waals surface area contributed by atoms with Crippen LogP contribution in [0.3, 0.4) is 0 Å². The highest BCUT2D eigenvalue weighted by atomic mass is 35.5. The number of hydrogen-bond acceptors (Lipinski definition) is 5. The van der Waals surface area contributed by atoms with Gasteiger partial charge in [-0.2, -0.15) is 0 Å². The molecule has 0 saturated carbocycles. The molecule has 1 heterocycles. The van der Waals surface area contributed by atoms with E-state index in [1.54, 1.807) is 26.0 Å². The quantitative estimate of drug-likeness (QED) is 0.693. The Labute approximate surface area is 175 Å². The van der Waals surface area contributed by atoms with E-state index in [1.807, 2.05) is 6.07 Å². The van der Waals surface area contributed by atoms with Crippen molar-refractivity contribution >= 4 is 27.5 Å². The van der Waals surface area contributed by atoms with Crippen LogP contribution in [0, 0.1) is 6.92 Å². The Morgan fingerprint density at radius 3 is 2.69 bits per heavy atom. The van der Waals surface area contributed by atoms with Crippen molar-refractivity contribution in [2.45, 2.75) is 25.2 Å². The van der Waals surface area contributed by atoms with Crippen molar-refractivity contribution in [3.63, 3.8) is 0 Å². The molecule has 3 rings (SSSR count). The summed E-state index contributed by atoms with van der Waals surface area (Å²) in [6, 6.07) is 8.14. The lowest BCUT2D eigenvalue weighted by atomic mass is 10.1. The van der Waals surface area contributed by atoms with E-state index in [2.05, 4.69) is 10.0 Å². The maximum absolute atomic E-state index is 12.6. The third kappa shape index (κ3) is 5.01. The summed E-state index contributed by atoms with van der Waals surface area (Å²) in [7, 11) is -3.63. The minimum Gasteiger partial charge on any atom is -0.486 e. The third-order valence-corrected chi connectivity index (χ3v) is 6.28. The highest BCUT2D eigenvalue weighted by molar-refractivity contribution is 7.89. The van der Waals surface area contributed by atoms with Gasteiger partial charge < -0.3 is 14.8 Å². The van der Waals surface area contributed by atoms with Gasteiger partial charge in [0.25, 0.3) is 5.91 Å². The number of amides is 1. The molecule has 1 aliphatic rings. The summed E-state index contributed by atoms with van der Waals surface area (Å²) in [5, 5.41) is 3.30. The zero-order valence-corrected chi connectivity index (χ0v) is 17.8. The van der Waals surface area contributed by atoms with Crippen molar-refractivity contribution in [1.82, 2.24) is 10.0 Å². The largest absolute Gasteiger partial charge is 0.486 e. The second-order valence-electron chi connectivity index (χ2n) is 6.59. The molecule has 2 N–H and O–H groups in total. The number of halogens is 1. The van der Waals surface area contributed by atoms with Crippen LogP contribution in [0.1, 0.15) is 28.4 Å². The summed E-state index contributed by atoms with van der Waals surface area (Å²) >= 11 is 6.24. The summed E-state index contributed by atoms with van der Waals surface area (Å²) in [4.78, 5) is 12.7. The number of hydrogen-bond donors (Lipinski definition) is 2. The van der Waals surface area contributed by atoms with Crippen LogP contribution in [-0.2, 0) is 16.4 Å². The van der Waals surface area contributed by atoms with Crippen LogP contribution in [0.15, 0.2) is 35.2 Å². The van der Waals surface area contributed by atoms with Gasteiger partial charge in [0.2, 0.25) is 10.0 Å². The van der Waals surface area contributed by atoms with E-state index in [9.17, 15) is 13.2 Å². The topological polar surface area (TPSA) is 93.7 Å². The molecule has 2 aromatic carbocycles. The summed E-state index contributed by atoms with van der Waals surface area (Å²) in [6.45, 7) is 5.02. The van der Waals surface area contributed by atoms with E-state index in [0.717, 1.165) is 5.56 Å². The number of fused-ring (bicyclic) bond motifs is 1. The first-order valence-electron chi connectivity index (χ1n) is 9.28. The van der Waals surface area contributed by atoms with Gasteiger partial charge in [-0.05, 0) is 48.7 Å². The maximum atomic E-state index is 12.6. The minimum absolute atomic E-state index is 0.0636. The molecule has 0 atom stereocenters. The lowest BCUT2D eigenvalue weighted by Gasteiger charge is -2.20. The molecule has 1 aliphatic heterocycles. The van der Waals surface area contributed by atoms with Crippen molar-refractivity contribution in [3.8, 4) is 11.5 Å². The number of carbonyl (C=O) groups excluding carboxylic acids is 1. The van der Waals surface area contributed by atoms with E-state index < -0.39 is 10.0 Å². The van der Waals surface area contributed by atoms with Crippen LogP contribution in [0.2, 0.25) is 5.02 Å². The molecular weight excluding hydrogens is 416 g/mol. The van der Waals surface area contributed by atoms with Gasteiger partial charge in [-0.3, -0.25) is 4.79 Å². The molecule has 29 heavy (non-hydrogen) atoms. The number of sulfonamides is 1. The van der Waals surface area contributed by atoms with Crippen molar-refractivity contribution in [1.29, 1.82) is 0 Å². The van der Waals surface area contributed by atoms with Crippen LogP contribution >= 0.6 is 11.6 Å². The molecule has 0 spiro atoms. The summed E-state index contributed by atoms with van der Waals surface area (Å²) in [6.07, 6.45) is 0.538. The van der Waals surface area contributed by atoms with E-state index in [0.29, 0.717) is 53.8 Å². The Bertz CT molecular complexity index is 1020. The predicted molar refractivity (Wildman–Crippen MR) is 111 cm³/mol. The van der Waals surface area contributed by atoms with Gasteiger partial charge >= 0.3 is 0 Å². The molecule has 0 bridgehead atoms. The number of rotatable bonds is 7. The van der Waals surface area contributed by atoms with Crippen LogP contribution in [-0.4, -0.2) is 40.6 Å². The first kappa shape index (κ1) is 21.4. The molecule has 0 aromatic heterocycles. The van der Waals surface area contributed by atoms with Gasteiger partial charge in [0.05, 0.1) is 9.92 Å². The van der Waals surface area contributed by atoms with Crippen molar-refractivity contribution in [3.05, 3.63) is 52.0 Å². The summed E-state index contributed by atoms with van der Waals surface area (Å²) in [5.74, 6) is 0.807. The Morgan fingerprint density at radius 2 is 1.93 bits per heavy atom. The standard InChI is InChI=1S/C20H23ClN2O5S/c1-3-23-29(25,26)15-5-4-13(2)16(12-15)20(24)22-7-6-14-10-17(21)19-18(11-14)27-8-9-28-19/h4-5,10-12,23H,3,6-9H2,1-2H3,(H,22,24). The number of carbonyl (C=O) groups is 1. The normalized spacial score (nSPS) is 13.2. The average Bonchev–Trinajstić information content (AvgIpc) is 2.68. The van der Waals surface area contributed by atoms with Crippen molar-refractivity contribution < 1.29 is 22.7 Å². The molecule has 7 nitrogen and oxygen atoms in total. The summed E-state index contributed by atoms with van der Waals surface area (Å²) in [5.41, 5.74) is 1.92. The van der Waals surface area contributed by atoms with Crippen molar-refractivity contribution in [2.24, 2.45) is 0 Å². The molecule has 0 fully saturated rings. The number of nitrogens with one attached hydrogen (secondary N) is 2. The lowest BCUT2D eigenvalue weighted by molar-refractivity contribution is 0.0953. The van der Waals surface area contributed by atoms with Gasteiger partial charge in [-0.25, -0.2) is 13.1 Å². The Morgan fingerprint density at radius 1 is 1.17 bits per heavy atom. The monoisotopic (exact) mass is 438 g/mol. The highest BCUT2D eigenvalue weighted by Gasteiger charge is 2.18. The van der Waals surface area contributed by atoms with E-state index in [4.69, 9.17) is 21.1 Å². The van der Waals surface area contributed by atoms with Crippen LogP contribution in [0.25, 0.3) is 0 Å². The second kappa shape index (κ2) is 9.02. The Kier molecular flexibility index (Phi) is 6.66. The third-order valence-electron chi connectivity index (χ3n) is 4.45. The molecule has 0 radical (unpaired) electrons. The smallest absolute Gasteiger partial charge is 0.251 e. The minimum atomic E-state index is -3.63. The molecule has 0 saturated heterocycles. The van der Waals surface area contributed by atoms with Gasteiger partial charge in [0.1, 0.15) is 13.2 Å². The highest BCUT2D eigenvalue weighted by Crippen LogP contribution is 2.38. The predicted octanol–water partition coefficient (Wildman–Crippen LogP) is 2.69. The van der Waals surface area contributed by atoms with Gasteiger partial charge in [0.15, 0.2) is 11.5 Å². The number of benzene rings is 2. The van der Waals surface area contributed by atoms with Crippen molar-refractivity contribution in [2.75, 3.05) is 26.3 Å². The fraction of sp³-hybridized carbons (Fsp3) is 0.350. The van der Waals surface area contributed by atoms with E-state index in [-0.39, 0.29) is 17.3 Å². The molecule has 0 aliphatic carbocycles. The molecule has 2 aromatic rings. The lowest BCUT2D eigenvalue weighted by Crippen LogP contribution is -2.27. The van der Waals surface area contributed by atoms with Crippen LogP contribution in [0.4, 0.5) is 0 Å². The first-order valence-corrected chi connectivity index (χ1v) is 11.1. The maximum Gasteiger partial charge on any atom is 0.251 e. The van der Waals surface area contributed by atoms with E-state index in [1.165, 1.54) is 12.1 Å². The second-order valence-corrected chi connectivity index (χ2v) is 8.76. The van der Waals surface area contributed by atoms with Gasteiger partial charge in [0, 0.05) is 18.7 Å². The fourth-order valence-corrected chi connectivity index (χ4v) is 4.37. The summed E-state index contributed by atoms with van der Waals surface area (Å²) < 4.78 is 37.9. The zero-order valence-electron chi connectivity index (χ0n) is 16.2. The van der Waals surface area contributed by atoms with Gasteiger partial charge in [-0.15, -0.1) is 0 Å². The molecule has 156 valence electrons. The van der Waals surface area contributed by atoms with Crippen LogP contribution in [0.5, 0.6) is 11.5 Å². The SMILES string of the molecule is CCNS(=O)(=O)c1ccc(C)c(C(=O)NCCc2cc(Cl)c3c(c2)OCCO3)c1. The zero-order chi connectivity index (χ0) is 21.0. The Hall–Kier alpha value is -2.29. The number of aryl methyl sites for hydroxylation is 1. The molecule has 0 unspecified atom stereocenters. The molecule has 1 amide bonds. The number of ether oxygens (including phenoxy) is 2. The fourth-order valence-electron chi connectivity index (χ4n) is 3.01. The molecule has 9 heteroatoms. The molecular formula is C20H23ClN2O5S. The van der Waals surface area contributed by atoms with E-state index >= 15 is 0 Å². The van der Waals surface area contributed by atoms with Gasteiger partial charge in [-0.1, -0.05) is 24.6 Å². The first-order chi connectivity index (χ1) is 13.8.